The lowest BCUT2D eigenvalue weighted by Crippen LogP contribution is -2.41. The van der Waals surface area contributed by atoms with Gasteiger partial charge in [-0.15, -0.1) is 0 Å². The topological polar surface area (TPSA) is 61.8 Å². The first-order valence-electron chi connectivity index (χ1n) is 7.43. The van der Waals surface area contributed by atoms with E-state index in [1.807, 2.05) is 18.2 Å². The lowest BCUT2D eigenvalue weighted by molar-refractivity contribution is -0.125. The zero-order valence-corrected chi connectivity index (χ0v) is 12.5. The lowest BCUT2D eigenvalue weighted by Gasteiger charge is -2.32. The predicted octanol–water partition coefficient (Wildman–Crippen LogP) is 1.37. The van der Waals surface area contributed by atoms with E-state index in [4.69, 9.17) is 4.74 Å². The summed E-state index contributed by atoms with van der Waals surface area (Å²) in [5, 5.41) is 12.4. The number of nitrogens with zero attached hydrogens (tertiary/aromatic N) is 1. The highest BCUT2D eigenvalue weighted by Gasteiger charge is 2.20. The molecule has 1 amide bonds. The Kier molecular flexibility index (Phi) is 6.02. The van der Waals surface area contributed by atoms with Crippen molar-refractivity contribution in [1.29, 1.82) is 0 Å². The molecule has 1 aromatic rings. The largest absolute Gasteiger partial charge is 0.508 e. The number of likely N-dealkylation sites (tertiary alicyclic amines) is 1. The molecule has 5 nitrogen and oxygen atoms in total. The third-order valence-corrected chi connectivity index (χ3v) is 3.78. The molecule has 1 saturated heterocycles. The molecule has 0 spiro atoms. The van der Waals surface area contributed by atoms with Gasteiger partial charge >= 0.3 is 0 Å². The summed E-state index contributed by atoms with van der Waals surface area (Å²) >= 11 is 0. The quantitative estimate of drug-likeness (QED) is 0.831. The number of methoxy groups -OCH3 is 1. The smallest absolute Gasteiger partial charge is 0.245 e. The molecule has 21 heavy (non-hydrogen) atoms. The third-order valence-electron chi connectivity index (χ3n) is 3.78. The van der Waals surface area contributed by atoms with Crippen molar-refractivity contribution in [3.8, 4) is 5.75 Å². The van der Waals surface area contributed by atoms with E-state index in [1.54, 1.807) is 6.07 Å². The first-order chi connectivity index (χ1) is 10.2. The molecule has 0 aliphatic carbocycles. The molecule has 5 heteroatoms. The number of phenolic OH excluding ortho intramolecular Hbond substituents is 1. The standard InChI is InChI=1S/C16H24N2O3/c1-21-12-16(20)17-9-14-5-3-7-18(11-14)10-13-4-2-6-15(19)8-13/h2,4,6,8,14,19H,3,5,7,9-12H2,1H3,(H,17,20)/t14-/m1/s1. The number of hydrogen-bond donors (Lipinski definition) is 2. The van der Waals surface area contributed by atoms with Crippen molar-refractivity contribution < 1.29 is 14.6 Å². The summed E-state index contributed by atoms with van der Waals surface area (Å²) < 4.78 is 4.81. The molecule has 0 aromatic heterocycles. The highest BCUT2D eigenvalue weighted by atomic mass is 16.5. The van der Waals surface area contributed by atoms with Gasteiger partial charge in [0.2, 0.25) is 5.91 Å². The van der Waals surface area contributed by atoms with E-state index < -0.39 is 0 Å². The number of rotatable bonds is 6. The van der Waals surface area contributed by atoms with Gasteiger partial charge in [0.1, 0.15) is 12.4 Å². The first-order valence-corrected chi connectivity index (χ1v) is 7.43. The van der Waals surface area contributed by atoms with Gasteiger partial charge < -0.3 is 15.2 Å². The minimum atomic E-state index is -0.0531. The maximum Gasteiger partial charge on any atom is 0.245 e. The van der Waals surface area contributed by atoms with Crippen LogP contribution < -0.4 is 5.32 Å². The Hall–Kier alpha value is -1.59. The van der Waals surface area contributed by atoms with Gasteiger partial charge in [0.15, 0.2) is 0 Å². The number of phenols is 1. The van der Waals surface area contributed by atoms with Crippen molar-refractivity contribution in [3.63, 3.8) is 0 Å². The number of carbonyl (C=O) groups is 1. The van der Waals surface area contributed by atoms with Gasteiger partial charge in [0.05, 0.1) is 0 Å². The van der Waals surface area contributed by atoms with Gasteiger partial charge in [-0.1, -0.05) is 12.1 Å². The summed E-state index contributed by atoms with van der Waals surface area (Å²) in [6.45, 7) is 3.72. The summed E-state index contributed by atoms with van der Waals surface area (Å²) in [6.07, 6.45) is 2.29. The number of ether oxygens (including phenoxy) is 1. The van der Waals surface area contributed by atoms with Crippen LogP contribution >= 0.6 is 0 Å². The minimum absolute atomic E-state index is 0.0531. The second-order valence-corrected chi connectivity index (χ2v) is 5.65. The molecular formula is C16H24N2O3. The summed E-state index contributed by atoms with van der Waals surface area (Å²) in [4.78, 5) is 13.8. The van der Waals surface area contributed by atoms with Crippen molar-refractivity contribution in [2.24, 2.45) is 5.92 Å². The molecule has 0 radical (unpaired) electrons. The number of aromatic hydroxyl groups is 1. The Balaban J connectivity index is 1.79. The lowest BCUT2D eigenvalue weighted by atomic mass is 9.97. The molecule has 116 valence electrons. The van der Waals surface area contributed by atoms with E-state index in [0.29, 0.717) is 18.2 Å². The number of benzene rings is 1. The Labute approximate surface area is 125 Å². The summed E-state index contributed by atoms with van der Waals surface area (Å²) in [5.74, 6) is 0.743. The zero-order valence-electron chi connectivity index (χ0n) is 12.5. The maximum atomic E-state index is 11.4. The average molecular weight is 292 g/mol. The second-order valence-electron chi connectivity index (χ2n) is 5.65. The van der Waals surface area contributed by atoms with E-state index in [-0.39, 0.29) is 12.5 Å². The molecular weight excluding hydrogens is 268 g/mol. The fourth-order valence-corrected chi connectivity index (χ4v) is 2.81. The van der Waals surface area contributed by atoms with Crippen LogP contribution in [0.25, 0.3) is 0 Å². The fraction of sp³-hybridized carbons (Fsp3) is 0.562. The Morgan fingerprint density at radius 1 is 1.52 bits per heavy atom. The molecule has 1 fully saturated rings. The average Bonchev–Trinajstić information content (AvgIpc) is 2.46. The maximum absolute atomic E-state index is 11.4. The van der Waals surface area contributed by atoms with E-state index in [0.717, 1.165) is 38.0 Å². The summed E-state index contributed by atoms with van der Waals surface area (Å²) in [6, 6.07) is 7.40. The molecule has 1 aliphatic rings. The molecule has 0 unspecified atom stereocenters. The van der Waals surface area contributed by atoms with Crippen molar-refractivity contribution in [3.05, 3.63) is 29.8 Å². The van der Waals surface area contributed by atoms with Crippen molar-refractivity contribution in [2.45, 2.75) is 19.4 Å². The van der Waals surface area contributed by atoms with Crippen LogP contribution in [0.1, 0.15) is 18.4 Å². The summed E-state index contributed by atoms with van der Waals surface area (Å²) in [7, 11) is 1.53. The minimum Gasteiger partial charge on any atom is -0.508 e. The van der Waals surface area contributed by atoms with Crippen LogP contribution in [0.4, 0.5) is 0 Å². The van der Waals surface area contributed by atoms with Crippen LogP contribution in [-0.4, -0.2) is 49.3 Å². The number of amides is 1. The van der Waals surface area contributed by atoms with Crippen LogP contribution in [0.3, 0.4) is 0 Å². The van der Waals surface area contributed by atoms with Crippen LogP contribution in [0.15, 0.2) is 24.3 Å². The van der Waals surface area contributed by atoms with E-state index in [9.17, 15) is 9.90 Å². The fourth-order valence-electron chi connectivity index (χ4n) is 2.81. The van der Waals surface area contributed by atoms with Crippen molar-refractivity contribution in [1.82, 2.24) is 10.2 Å². The second kappa shape index (κ2) is 8.00. The Morgan fingerprint density at radius 3 is 3.14 bits per heavy atom. The number of hydrogen-bond acceptors (Lipinski definition) is 4. The first kappa shape index (κ1) is 15.8. The van der Waals surface area contributed by atoms with E-state index in [1.165, 1.54) is 7.11 Å². The van der Waals surface area contributed by atoms with Crippen LogP contribution in [0, 0.1) is 5.92 Å². The molecule has 1 aliphatic heterocycles. The van der Waals surface area contributed by atoms with Gasteiger partial charge in [-0.2, -0.15) is 0 Å². The predicted molar refractivity (Wildman–Crippen MR) is 81.0 cm³/mol. The number of carbonyl (C=O) groups excluding carboxylic acids is 1. The number of piperidine rings is 1. The highest BCUT2D eigenvalue weighted by Crippen LogP contribution is 2.19. The van der Waals surface area contributed by atoms with E-state index >= 15 is 0 Å². The Morgan fingerprint density at radius 2 is 2.38 bits per heavy atom. The SMILES string of the molecule is COCC(=O)NC[C@H]1CCCN(Cc2cccc(O)c2)C1. The van der Waals surface area contributed by atoms with Gasteiger partial charge in [0.25, 0.3) is 0 Å². The van der Waals surface area contributed by atoms with Crippen LogP contribution in [0.2, 0.25) is 0 Å². The highest BCUT2D eigenvalue weighted by molar-refractivity contribution is 5.77. The van der Waals surface area contributed by atoms with E-state index in [2.05, 4.69) is 10.2 Å². The molecule has 0 saturated carbocycles. The van der Waals surface area contributed by atoms with Crippen LogP contribution in [-0.2, 0) is 16.1 Å². The summed E-state index contributed by atoms with van der Waals surface area (Å²) in [5.41, 5.74) is 1.12. The molecule has 1 atom stereocenters. The monoisotopic (exact) mass is 292 g/mol. The Bertz CT molecular complexity index is 465. The molecule has 0 bridgehead atoms. The molecule has 1 heterocycles. The van der Waals surface area contributed by atoms with Crippen molar-refractivity contribution >= 4 is 5.91 Å². The van der Waals surface area contributed by atoms with Crippen molar-refractivity contribution in [2.75, 3.05) is 33.4 Å². The van der Waals surface area contributed by atoms with Crippen LogP contribution in [0.5, 0.6) is 5.75 Å². The third kappa shape index (κ3) is 5.36. The molecule has 2 N–H and O–H groups in total. The van der Waals surface area contributed by atoms with Gasteiger partial charge in [-0.3, -0.25) is 9.69 Å². The normalized spacial score (nSPS) is 19.4. The van der Waals surface area contributed by atoms with Gasteiger partial charge in [-0.05, 0) is 43.0 Å². The molecule has 2 rings (SSSR count). The van der Waals surface area contributed by atoms with Gasteiger partial charge in [-0.25, -0.2) is 0 Å². The zero-order chi connectivity index (χ0) is 15.1. The van der Waals surface area contributed by atoms with Gasteiger partial charge in [0, 0.05) is 26.7 Å². The molecule has 1 aromatic carbocycles. The number of nitrogens with one attached hydrogen (secondary N) is 1.